The zero-order valence-electron chi connectivity index (χ0n) is 19.5. The molecule has 0 amide bonds. The van der Waals surface area contributed by atoms with E-state index in [0.717, 1.165) is 45.6 Å². The number of hydrogen-bond donors (Lipinski definition) is 0. The van der Waals surface area contributed by atoms with Gasteiger partial charge in [0.25, 0.3) is 0 Å². The highest BCUT2D eigenvalue weighted by Gasteiger charge is 2.39. The van der Waals surface area contributed by atoms with Crippen molar-refractivity contribution < 1.29 is 9.47 Å². The first-order valence-electron chi connectivity index (χ1n) is 11.4. The summed E-state index contributed by atoms with van der Waals surface area (Å²) < 4.78 is 11.8. The Morgan fingerprint density at radius 2 is 1.82 bits per heavy atom. The Balaban J connectivity index is 1.58. The van der Waals surface area contributed by atoms with Gasteiger partial charge in [-0.15, -0.1) is 22.9 Å². The third-order valence-corrected chi connectivity index (χ3v) is 8.51. The van der Waals surface area contributed by atoms with Crippen LogP contribution in [0.5, 0.6) is 5.75 Å². The molecule has 0 saturated heterocycles. The second kappa shape index (κ2) is 9.50. The van der Waals surface area contributed by atoms with Gasteiger partial charge in [0.15, 0.2) is 0 Å². The first kappa shape index (κ1) is 23.6. The average Bonchev–Trinajstić information content (AvgIpc) is 3.18. The molecule has 1 aliphatic carbocycles. The lowest BCUT2D eigenvalue weighted by Crippen LogP contribution is -2.39. The van der Waals surface area contributed by atoms with Crippen molar-refractivity contribution in [2.24, 2.45) is 5.41 Å². The topological polar surface area (TPSA) is 31.4 Å². The molecule has 0 bridgehead atoms. The van der Waals surface area contributed by atoms with E-state index in [0.29, 0.717) is 11.6 Å². The maximum Gasteiger partial charge on any atom is 0.124 e. The molecule has 2 heterocycles. The fraction of sp³-hybridized carbons (Fsp3) is 0.321. The molecule has 6 heteroatoms. The molecule has 1 unspecified atom stereocenters. The van der Waals surface area contributed by atoms with E-state index in [2.05, 4.69) is 50.2 Å². The van der Waals surface area contributed by atoms with Crippen molar-refractivity contribution in [3.05, 3.63) is 81.3 Å². The number of nitrogens with zero attached hydrogens (tertiary/aromatic N) is 1. The lowest BCUT2D eigenvalue weighted by molar-refractivity contribution is -0.0394. The molecule has 0 spiro atoms. The van der Waals surface area contributed by atoms with Gasteiger partial charge in [-0.1, -0.05) is 67.9 Å². The lowest BCUT2D eigenvalue weighted by Gasteiger charge is -2.38. The molecule has 0 N–H and O–H groups in total. The summed E-state index contributed by atoms with van der Waals surface area (Å²) >= 11 is 14.9. The van der Waals surface area contributed by atoms with Gasteiger partial charge in [-0.2, -0.15) is 0 Å². The molecule has 3 nitrogen and oxygen atoms in total. The minimum absolute atomic E-state index is 0.0232. The van der Waals surface area contributed by atoms with Crippen molar-refractivity contribution in [3.8, 4) is 16.9 Å². The summed E-state index contributed by atoms with van der Waals surface area (Å²) in [6.07, 6.45) is 1.90. The summed E-state index contributed by atoms with van der Waals surface area (Å²) in [7, 11) is 1.67. The predicted octanol–water partition coefficient (Wildman–Crippen LogP) is 8.07. The van der Waals surface area contributed by atoms with Gasteiger partial charge in [-0.25, -0.2) is 4.98 Å². The Labute approximate surface area is 214 Å². The van der Waals surface area contributed by atoms with Crippen LogP contribution in [0.4, 0.5) is 0 Å². The van der Waals surface area contributed by atoms with E-state index in [9.17, 15) is 0 Å². The largest absolute Gasteiger partial charge is 0.497 e. The summed E-state index contributed by atoms with van der Waals surface area (Å²) in [5.74, 6) is 1.09. The van der Waals surface area contributed by atoms with Crippen molar-refractivity contribution in [3.63, 3.8) is 0 Å². The zero-order valence-corrected chi connectivity index (χ0v) is 21.9. The molecule has 1 atom stereocenters. The van der Waals surface area contributed by atoms with Crippen LogP contribution < -0.4 is 4.74 Å². The van der Waals surface area contributed by atoms with E-state index in [1.807, 2.05) is 18.2 Å². The molecule has 2 aromatic heterocycles. The highest BCUT2D eigenvalue weighted by Crippen LogP contribution is 2.48. The number of halogens is 2. The second-order valence-electron chi connectivity index (χ2n) is 9.45. The van der Waals surface area contributed by atoms with E-state index in [1.54, 1.807) is 18.4 Å². The van der Waals surface area contributed by atoms with Crippen molar-refractivity contribution >= 4 is 44.8 Å². The average molecular weight is 513 g/mol. The van der Waals surface area contributed by atoms with Crippen LogP contribution in [0, 0.1) is 5.41 Å². The van der Waals surface area contributed by atoms with Crippen LogP contribution in [-0.4, -0.2) is 18.2 Å². The van der Waals surface area contributed by atoms with Crippen LogP contribution >= 0.6 is 34.5 Å². The Morgan fingerprint density at radius 1 is 1.09 bits per heavy atom. The van der Waals surface area contributed by atoms with E-state index in [1.165, 1.54) is 16.0 Å². The first-order valence-corrected chi connectivity index (χ1v) is 13.1. The number of benzene rings is 2. The van der Waals surface area contributed by atoms with E-state index < -0.39 is 0 Å². The van der Waals surface area contributed by atoms with Gasteiger partial charge < -0.3 is 9.47 Å². The summed E-state index contributed by atoms with van der Waals surface area (Å²) in [6.45, 7) is 5.21. The fourth-order valence-electron chi connectivity index (χ4n) is 4.80. The zero-order chi connectivity index (χ0) is 23.9. The lowest BCUT2D eigenvalue weighted by atomic mass is 9.73. The molecule has 0 radical (unpaired) electrons. The second-order valence-corrected chi connectivity index (χ2v) is 11.2. The molecule has 34 heavy (non-hydrogen) atoms. The van der Waals surface area contributed by atoms with Crippen LogP contribution in [0.25, 0.3) is 21.3 Å². The summed E-state index contributed by atoms with van der Waals surface area (Å²) in [4.78, 5) is 7.20. The van der Waals surface area contributed by atoms with Gasteiger partial charge in [0.2, 0.25) is 0 Å². The van der Waals surface area contributed by atoms with Gasteiger partial charge in [0.05, 0.1) is 36.4 Å². The molecule has 176 valence electrons. The summed E-state index contributed by atoms with van der Waals surface area (Å²) in [6, 6.07) is 18.4. The molecule has 0 aliphatic heterocycles. The van der Waals surface area contributed by atoms with Crippen LogP contribution in [0.3, 0.4) is 0 Å². The summed E-state index contributed by atoms with van der Waals surface area (Å²) in [5, 5.41) is 1.78. The number of pyridine rings is 1. The summed E-state index contributed by atoms with van der Waals surface area (Å²) in [5.41, 5.74) is 5.29. The fourth-order valence-corrected chi connectivity index (χ4v) is 6.62. The predicted molar refractivity (Wildman–Crippen MR) is 142 cm³/mol. The molecule has 4 aromatic rings. The SMILES string of the molecule is COc1ccc(-c2c(Cl)c(CCl)nc3sc4c(c23)CC(C)(C)C(OCc2ccccc2)C4)cc1. The highest BCUT2D eigenvalue weighted by atomic mass is 35.5. The Hall–Kier alpha value is -2.11. The molecule has 2 aromatic carbocycles. The number of methoxy groups -OCH3 is 1. The van der Waals surface area contributed by atoms with Crippen LogP contribution in [-0.2, 0) is 30.1 Å². The van der Waals surface area contributed by atoms with Crippen LogP contribution in [0.15, 0.2) is 54.6 Å². The number of alkyl halides is 1. The monoisotopic (exact) mass is 511 g/mol. The molecule has 1 aliphatic rings. The third-order valence-electron chi connectivity index (χ3n) is 6.71. The highest BCUT2D eigenvalue weighted by molar-refractivity contribution is 7.19. The Bertz CT molecular complexity index is 1320. The number of rotatable bonds is 6. The number of thiophene rings is 1. The number of hydrogen-bond acceptors (Lipinski definition) is 4. The number of ether oxygens (including phenoxy) is 2. The van der Waals surface area contributed by atoms with E-state index in [-0.39, 0.29) is 17.4 Å². The standard InChI is InChI=1S/C28H27Cl2NO2S/c1-28(2)14-20-22(13-23(28)33-16-17-7-5-4-6-8-17)34-27-25(20)24(26(30)21(15-29)31-27)18-9-11-19(32-3)12-10-18/h4-12,23H,13-16H2,1-3H3. The van der Waals surface area contributed by atoms with Crippen molar-refractivity contribution in [1.82, 2.24) is 4.98 Å². The normalized spacial score (nSPS) is 17.0. The van der Waals surface area contributed by atoms with Crippen molar-refractivity contribution in [2.75, 3.05) is 7.11 Å². The smallest absolute Gasteiger partial charge is 0.124 e. The van der Waals surface area contributed by atoms with Gasteiger partial charge >= 0.3 is 0 Å². The quantitative estimate of drug-likeness (QED) is 0.245. The van der Waals surface area contributed by atoms with Crippen LogP contribution in [0.2, 0.25) is 5.02 Å². The minimum atomic E-state index is -0.0232. The molecular formula is C28H27Cl2NO2S. The maximum atomic E-state index is 6.91. The van der Waals surface area contributed by atoms with Gasteiger partial charge in [-0.3, -0.25) is 0 Å². The Kier molecular flexibility index (Phi) is 6.60. The maximum absolute atomic E-state index is 6.91. The first-order chi connectivity index (χ1) is 16.4. The van der Waals surface area contributed by atoms with Crippen molar-refractivity contribution in [1.29, 1.82) is 0 Å². The molecule has 5 rings (SSSR count). The molecular weight excluding hydrogens is 485 g/mol. The number of fused-ring (bicyclic) bond motifs is 3. The third kappa shape index (κ3) is 4.33. The Morgan fingerprint density at radius 3 is 2.50 bits per heavy atom. The molecule has 0 saturated carbocycles. The minimum Gasteiger partial charge on any atom is -0.497 e. The van der Waals surface area contributed by atoms with Gasteiger partial charge in [0, 0.05) is 22.2 Å². The van der Waals surface area contributed by atoms with Crippen LogP contribution in [0.1, 0.15) is 35.5 Å². The van der Waals surface area contributed by atoms with Gasteiger partial charge in [-0.05, 0) is 40.7 Å². The van der Waals surface area contributed by atoms with Crippen molar-refractivity contribution in [2.45, 2.75) is 45.3 Å². The number of aromatic nitrogens is 1. The molecule has 0 fully saturated rings. The van der Waals surface area contributed by atoms with E-state index >= 15 is 0 Å². The van der Waals surface area contributed by atoms with Gasteiger partial charge in [0.1, 0.15) is 10.6 Å². The van der Waals surface area contributed by atoms with E-state index in [4.69, 9.17) is 37.7 Å².